The fourth-order valence-corrected chi connectivity index (χ4v) is 2.06. The average molecular weight is 322 g/mol. The number of aromatic nitrogens is 2. The molecule has 0 saturated heterocycles. The van der Waals surface area contributed by atoms with Crippen molar-refractivity contribution in [2.75, 3.05) is 0 Å². The van der Waals surface area contributed by atoms with E-state index >= 15 is 0 Å². The number of rotatable bonds is 6. The summed E-state index contributed by atoms with van der Waals surface area (Å²) in [6.07, 6.45) is 6.08. The van der Waals surface area contributed by atoms with E-state index in [1.807, 2.05) is 6.07 Å². The number of amides is 1. The van der Waals surface area contributed by atoms with Crippen LogP contribution in [0.4, 0.5) is 0 Å². The Balaban J connectivity index is 2.22. The van der Waals surface area contributed by atoms with Crippen LogP contribution in [0.5, 0.6) is 0 Å². The third-order valence-corrected chi connectivity index (χ3v) is 3.27. The molecule has 0 aliphatic carbocycles. The molecule has 0 saturated carbocycles. The highest BCUT2D eigenvalue weighted by Crippen LogP contribution is 2.05. The van der Waals surface area contributed by atoms with Crippen LogP contribution in [0.3, 0.4) is 0 Å². The second-order valence-electron chi connectivity index (χ2n) is 4.89. The molecule has 1 heterocycles. The van der Waals surface area contributed by atoms with Gasteiger partial charge in [-0.2, -0.15) is 5.10 Å². The Kier molecular flexibility index (Phi) is 5.46. The van der Waals surface area contributed by atoms with Crippen molar-refractivity contribution >= 4 is 17.8 Å². The number of aryl methyl sites for hydroxylation is 1. The fraction of sp³-hybridized carbons (Fsp3) is 0.0556. The highest BCUT2D eigenvalue weighted by Gasteiger charge is 2.11. The van der Waals surface area contributed by atoms with Crippen molar-refractivity contribution in [2.45, 2.75) is 6.92 Å². The summed E-state index contributed by atoms with van der Waals surface area (Å²) in [4.78, 5) is 24.3. The van der Waals surface area contributed by atoms with E-state index in [1.54, 1.807) is 43.3 Å². The Morgan fingerprint density at radius 1 is 1.29 bits per heavy atom. The summed E-state index contributed by atoms with van der Waals surface area (Å²) in [5.74, 6) is -0.348. The number of aromatic amines is 1. The highest BCUT2D eigenvalue weighted by atomic mass is 16.2. The largest absolute Gasteiger partial charge is 0.295 e. The molecule has 1 amide bonds. The summed E-state index contributed by atoms with van der Waals surface area (Å²) in [5.41, 5.74) is 4.12. The molecule has 6 nitrogen and oxygen atoms in total. The molecule has 6 heteroatoms. The Bertz CT molecular complexity index is 870. The first-order chi connectivity index (χ1) is 11.6. The molecule has 2 aromatic rings. The van der Waals surface area contributed by atoms with Crippen LogP contribution in [0.1, 0.15) is 21.6 Å². The van der Waals surface area contributed by atoms with Gasteiger partial charge in [0, 0.05) is 11.3 Å². The van der Waals surface area contributed by atoms with E-state index in [9.17, 15) is 9.59 Å². The second kappa shape index (κ2) is 7.73. The van der Waals surface area contributed by atoms with Crippen molar-refractivity contribution < 1.29 is 4.79 Å². The number of hydrogen-bond donors (Lipinski definition) is 2. The number of nitrogens with zero attached hydrogens (tertiary/aromatic N) is 2. The Morgan fingerprint density at radius 3 is 2.62 bits per heavy atom. The van der Waals surface area contributed by atoms with Crippen LogP contribution in [-0.2, 0) is 0 Å². The number of benzene rings is 1. The van der Waals surface area contributed by atoms with Gasteiger partial charge < -0.3 is 0 Å². The van der Waals surface area contributed by atoms with Gasteiger partial charge in [-0.15, -0.1) is 0 Å². The predicted octanol–water partition coefficient (Wildman–Crippen LogP) is 2.46. The molecule has 24 heavy (non-hydrogen) atoms. The van der Waals surface area contributed by atoms with Crippen molar-refractivity contribution in [1.29, 1.82) is 0 Å². The molecule has 2 N–H and O–H groups in total. The Labute approximate surface area is 139 Å². The molecule has 1 aromatic carbocycles. The first kappa shape index (κ1) is 17.0. The number of carbonyl (C=O) groups excluding carboxylic acids is 1. The van der Waals surface area contributed by atoms with Gasteiger partial charge in [0.05, 0.1) is 17.5 Å². The molecular weight excluding hydrogens is 304 g/mol. The van der Waals surface area contributed by atoms with Crippen LogP contribution in [-0.4, -0.2) is 21.9 Å². The van der Waals surface area contributed by atoms with Gasteiger partial charge in [-0.25, -0.2) is 10.1 Å². The number of nitrogens with one attached hydrogen (secondary N) is 2. The van der Waals surface area contributed by atoms with E-state index in [-0.39, 0.29) is 11.5 Å². The van der Waals surface area contributed by atoms with Crippen LogP contribution in [0, 0.1) is 6.92 Å². The van der Waals surface area contributed by atoms with Crippen LogP contribution < -0.4 is 11.0 Å². The maximum Gasteiger partial charge on any atom is 0.280 e. The lowest BCUT2D eigenvalue weighted by atomic mass is 10.2. The molecule has 2 rings (SSSR count). The minimum absolute atomic E-state index is 0.293. The zero-order chi connectivity index (χ0) is 17.5. The van der Waals surface area contributed by atoms with Gasteiger partial charge >= 0.3 is 0 Å². The minimum Gasteiger partial charge on any atom is -0.295 e. The number of allylic oxidation sites excluding steroid dienone is 4. The summed E-state index contributed by atoms with van der Waals surface area (Å²) in [6, 6.07) is 8.69. The first-order valence-electron chi connectivity index (χ1n) is 7.24. The van der Waals surface area contributed by atoms with E-state index in [1.165, 1.54) is 17.0 Å². The van der Waals surface area contributed by atoms with Crippen LogP contribution in [0.15, 0.2) is 71.6 Å². The Morgan fingerprint density at radius 2 is 2.00 bits per heavy atom. The van der Waals surface area contributed by atoms with Crippen molar-refractivity contribution in [3.63, 3.8) is 0 Å². The molecular formula is C18H18N4O2. The third kappa shape index (κ3) is 3.67. The van der Waals surface area contributed by atoms with Gasteiger partial charge in [0.15, 0.2) is 0 Å². The number of hydrazone groups is 1. The quantitative estimate of drug-likeness (QED) is 0.487. The molecule has 0 aliphatic rings. The predicted molar refractivity (Wildman–Crippen MR) is 96.0 cm³/mol. The zero-order valence-electron chi connectivity index (χ0n) is 13.3. The lowest BCUT2D eigenvalue weighted by Crippen LogP contribution is -2.20. The summed E-state index contributed by atoms with van der Waals surface area (Å²) in [6.45, 7) is 9.01. The monoisotopic (exact) mass is 322 g/mol. The van der Waals surface area contributed by atoms with E-state index < -0.39 is 0 Å². The summed E-state index contributed by atoms with van der Waals surface area (Å²) >= 11 is 0. The SMILES string of the molecule is C=CC=C(C=C)n1[nH]c(C)c(C=NNC(=O)c2ccccc2)c1=O. The fourth-order valence-electron chi connectivity index (χ4n) is 2.06. The van der Waals surface area contributed by atoms with E-state index in [4.69, 9.17) is 0 Å². The summed E-state index contributed by atoms with van der Waals surface area (Å²) in [7, 11) is 0. The zero-order valence-corrected chi connectivity index (χ0v) is 13.3. The number of H-pyrrole nitrogens is 1. The molecule has 0 spiro atoms. The highest BCUT2D eigenvalue weighted by molar-refractivity contribution is 5.94. The van der Waals surface area contributed by atoms with Crippen molar-refractivity contribution in [3.8, 4) is 0 Å². The lowest BCUT2D eigenvalue weighted by molar-refractivity contribution is 0.0955. The third-order valence-electron chi connectivity index (χ3n) is 3.27. The smallest absolute Gasteiger partial charge is 0.280 e. The number of carbonyl (C=O) groups is 1. The van der Waals surface area contributed by atoms with Gasteiger partial charge in [-0.3, -0.25) is 14.7 Å². The maximum absolute atomic E-state index is 12.4. The standard InChI is InChI=1S/C18H18N4O2/c1-4-9-15(5-2)22-18(24)16(13(3)21-22)12-19-20-17(23)14-10-7-6-8-11-14/h4-12,21H,1-2H2,3H3,(H,20,23). The topological polar surface area (TPSA) is 79.2 Å². The van der Waals surface area contributed by atoms with Crippen molar-refractivity contribution in [1.82, 2.24) is 15.2 Å². The molecule has 0 bridgehead atoms. The van der Waals surface area contributed by atoms with Crippen molar-refractivity contribution in [3.05, 3.63) is 88.9 Å². The normalized spacial score (nSPS) is 11.5. The average Bonchev–Trinajstić information content (AvgIpc) is 2.88. The second-order valence-corrected chi connectivity index (χ2v) is 4.89. The Hall–Kier alpha value is -3.41. The molecule has 0 atom stereocenters. The van der Waals surface area contributed by atoms with Gasteiger partial charge in [-0.05, 0) is 31.2 Å². The van der Waals surface area contributed by atoms with Gasteiger partial charge in [-0.1, -0.05) is 37.4 Å². The van der Waals surface area contributed by atoms with Crippen molar-refractivity contribution in [2.24, 2.45) is 5.10 Å². The van der Waals surface area contributed by atoms with Crippen LogP contribution in [0.2, 0.25) is 0 Å². The van der Waals surface area contributed by atoms with Crippen LogP contribution in [0.25, 0.3) is 5.70 Å². The minimum atomic E-state index is -0.348. The molecule has 0 radical (unpaired) electrons. The lowest BCUT2D eigenvalue weighted by Gasteiger charge is -2.00. The van der Waals surface area contributed by atoms with Crippen LogP contribution >= 0.6 is 0 Å². The summed E-state index contributed by atoms with van der Waals surface area (Å²) < 4.78 is 1.34. The van der Waals surface area contributed by atoms with Gasteiger partial charge in [0.1, 0.15) is 0 Å². The molecule has 0 fully saturated rings. The van der Waals surface area contributed by atoms with E-state index in [2.05, 4.69) is 28.8 Å². The molecule has 1 aromatic heterocycles. The number of hydrogen-bond acceptors (Lipinski definition) is 3. The molecule has 0 unspecified atom stereocenters. The first-order valence-corrected chi connectivity index (χ1v) is 7.24. The van der Waals surface area contributed by atoms with Gasteiger partial charge in [0.25, 0.3) is 11.5 Å². The molecule has 0 aliphatic heterocycles. The van der Waals surface area contributed by atoms with E-state index in [0.29, 0.717) is 22.5 Å². The van der Waals surface area contributed by atoms with Gasteiger partial charge in [0.2, 0.25) is 0 Å². The maximum atomic E-state index is 12.4. The molecule has 122 valence electrons. The van der Waals surface area contributed by atoms with E-state index in [0.717, 1.165) is 0 Å². The summed E-state index contributed by atoms with van der Waals surface area (Å²) in [5, 5.41) is 6.79.